The van der Waals surface area contributed by atoms with Crippen molar-refractivity contribution in [3.8, 4) is 0 Å². The first kappa shape index (κ1) is 41.2. The van der Waals surface area contributed by atoms with Gasteiger partial charge < -0.3 is 30.4 Å². The number of phosphoric ester groups is 2. The van der Waals surface area contributed by atoms with Gasteiger partial charge in [0.25, 0.3) is 0 Å². The number of carbonyl (C=O) groups is 2. The Morgan fingerprint density at radius 1 is 0.857 bits per heavy atom. The van der Waals surface area contributed by atoms with Gasteiger partial charge in [-0.05, 0) is 32.6 Å². The van der Waals surface area contributed by atoms with Crippen LogP contribution in [0.3, 0.4) is 0 Å². The quantitative estimate of drug-likeness (QED) is 0.0936. The molecule has 0 radical (unpaired) electrons. The van der Waals surface area contributed by atoms with Crippen molar-refractivity contribution >= 4 is 52.1 Å². The summed E-state index contributed by atoms with van der Waals surface area (Å²) in [5.74, 6) is 0.460. The lowest BCUT2D eigenvalue weighted by Crippen LogP contribution is -2.33. The number of hydrogen-bond acceptors (Lipinski definition) is 19. The van der Waals surface area contributed by atoms with Crippen LogP contribution in [0, 0.1) is 0 Å². The van der Waals surface area contributed by atoms with E-state index in [1.54, 1.807) is 0 Å². The Labute approximate surface area is 282 Å². The molecule has 3 heterocycles. The Balaban J connectivity index is 1.56. The molecule has 1 aliphatic heterocycles. The number of Topliss-reactive ketones (excluding diaryl/α,β-unsaturated/α-hetero) is 1. The first-order chi connectivity index (χ1) is 23.2. The van der Waals surface area contributed by atoms with Crippen molar-refractivity contribution in [1.82, 2.24) is 24.8 Å². The van der Waals surface area contributed by atoms with Gasteiger partial charge in [0.2, 0.25) is 5.91 Å². The third-order valence-corrected chi connectivity index (χ3v) is 12.5. The third-order valence-electron chi connectivity index (χ3n) is 7.06. The van der Waals surface area contributed by atoms with E-state index in [-0.39, 0.29) is 17.3 Å². The zero-order valence-electron chi connectivity index (χ0n) is 27.7. The van der Waals surface area contributed by atoms with Crippen molar-refractivity contribution in [2.24, 2.45) is 0 Å². The number of aromatic nitrogens is 4. The van der Waals surface area contributed by atoms with Gasteiger partial charge in [0.1, 0.15) is 30.4 Å². The number of aliphatic hydroxyl groups excluding tert-OH is 2. The Morgan fingerprint density at radius 3 is 2.14 bits per heavy atom. The largest absolute Gasteiger partial charge is 0.492 e. The van der Waals surface area contributed by atoms with E-state index in [0.717, 1.165) is 28.4 Å². The molecule has 0 aliphatic carbocycles. The molecule has 0 saturated carbocycles. The number of nitrogens with zero attached hydrogens (tertiary/aromatic N) is 4. The highest BCUT2D eigenvalue weighted by Gasteiger charge is 2.49. The summed E-state index contributed by atoms with van der Waals surface area (Å²) in [6.45, 7) is 1.82. The van der Waals surface area contributed by atoms with Gasteiger partial charge in [-0.1, -0.05) is 0 Å². The number of aliphatic hydroxyl groups is 2. The number of unbranched alkanes of at least 4 members (excludes halogenated alkanes) is 2. The van der Waals surface area contributed by atoms with Gasteiger partial charge in [-0.2, -0.15) is 8.62 Å². The zero-order valence-corrected chi connectivity index (χ0v) is 30.3. The molecule has 24 heteroatoms. The average molecular weight is 761 g/mol. The second-order valence-electron chi connectivity index (χ2n) is 10.5. The molecule has 0 aromatic carbocycles. The number of rotatable bonds is 23. The lowest BCUT2D eigenvalue weighted by atomic mass is 10.1. The van der Waals surface area contributed by atoms with Gasteiger partial charge in [-0.15, -0.1) is 0 Å². The number of ether oxygens (including phenoxy) is 1. The molecule has 1 aliphatic rings. The van der Waals surface area contributed by atoms with Crippen LogP contribution >= 0.6 is 23.5 Å². The summed E-state index contributed by atoms with van der Waals surface area (Å²) in [5, 5.41) is 27.5. The minimum atomic E-state index is -4.93. The number of carbonyl (C=O) groups excluding carboxylic acids is 2. The summed E-state index contributed by atoms with van der Waals surface area (Å²) >= 11 is 0. The number of fused-ring (bicyclic) bond motifs is 1. The molecule has 3 rings (SSSR count). The SMILES string of the molecule is COP(=O)(OC)OP(=O)(OC)OP(=O)(OC)OC[C@H]1O[C@@H](n2cnc3c(NCCCCNC(=O)CCCCC(C)=O)ncnc32)[C@@H](O)C1O. The fourth-order valence-electron chi connectivity index (χ4n) is 4.44. The van der Waals surface area contributed by atoms with E-state index in [2.05, 4.69) is 43.5 Å². The summed E-state index contributed by atoms with van der Waals surface area (Å²) in [5.41, 5.74) is 0.612. The number of phosphoric acid groups is 3. The summed E-state index contributed by atoms with van der Waals surface area (Å²) < 4.78 is 78.5. The molecule has 0 spiro atoms. The highest BCUT2D eigenvalue weighted by atomic mass is 31.3. The summed E-state index contributed by atoms with van der Waals surface area (Å²) in [7, 11) is -10.6. The normalized spacial score (nSPS) is 22.1. The lowest BCUT2D eigenvalue weighted by Gasteiger charge is -2.24. The molecule has 21 nitrogen and oxygen atoms in total. The molecule has 2 aromatic rings. The monoisotopic (exact) mass is 760 g/mol. The maximum Gasteiger partial charge on any atom is 0.492 e. The fraction of sp³-hybridized carbons (Fsp3) is 0.720. The van der Waals surface area contributed by atoms with E-state index < -0.39 is 54.6 Å². The summed E-state index contributed by atoms with van der Waals surface area (Å²) in [6, 6.07) is 0. The minimum Gasteiger partial charge on any atom is -0.387 e. The van der Waals surface area contributed by atoms with E-state index in [1.165, 1.54) is 24.1 Å². The van der Waals surface area contributed by atoms with Crippen molar-refractivity contribution in [3.05, 3.63) is 12.7 Å². The third kappa shape index (κ3) is 11.7. The standard InChI is InChI=1S/C25H43N6O15P3/c1-17(32)10-6-7-11-19(33)26-12-8-9-13-27-23-20-24(29-15-28-23)31(16-30-20)25-22(35)21(34)18(44-25)14-43-48(37,41-4)46-49(38,42-5)45-47(36,39-2)40-3/h15-16,18,21-22,25,34-35H,6-14H2,1-5H3,(H,26,33)(H,27,28,29)/t18-,21?,22+,25-,48?,49?/m1/s1. The van der Waals surface area contributed by atoms with Gasteiger partial charge in [-0.25, -0.2) is 28.6 Å². The van der Waals surface area contributed by atoms with Crippen molar-refractivity contribution in [2.45, 2.75) is 70.0 Å². The first-order valence-electron chi connectivity index (χ1n) is 15.0. The minimum absolute atomic E-state index is 0.0553. The van der Waals surface area contributed by atoms with Gasteiger partial charge in [-0.3, -0.25) is 32.0 Å². The maximum absolute atomic E-state index is 13.1. The molecule has 3 unspecified atom stereocenters. The second kappa shape index (κ2) is 18.9. The van der Waals surface area contributed by atoms with Crippen molar-refractivity contribution in [2.75, 3.05) is 53.5 Å². The van der Waals surface area contributed by atoms with Crippen LogP contribution in [0.15, 0.2) is 12.7 Å². The first-order valence-corrected chi connectivity index (χ1v) is 19.4. The van der Waals surface area contributed by atoms with Crippen LogP contribution in [0.1, 0.15) is 51.7 Å². The Bertz CT molecular complexity index is 1540. The van der Waals surface area contributed by atoms with E-state index in [0.29, 0.717) is 62.9 Å². The number of imidazole rings is 1. The van der Waals surface area contributed by atoms with Gasteiger partial charge in [0, 0.05) is 54.4 Å². The predicted octanol–water partition coefficient (Wildman–Crippen LogP) is 2.86. The molecular weight excluding hydrogens is 717 g/mol. The zero-order chi connectivity index (χ0) is 36.2. The molecule has 6 atom stereocenters. The molecule has 49 heavy (non-hydrogen) atoms. The Kier molecular flexibility index (Phi) is 15.9. The van der Waals surface area contributed by atoms with Crippen LogP contribution < -0.4 is 10.6 Å². The second-order valence-corrected chi connectivity index (χ2v) is 16.2. The maximum atomic E-state index is 13.1. The van der Waals surface area contributed by atoms with Crippen molar-refractivity contribution in [3.63, 3.8) is 0 Å². The highest BCUT2D eigenvalue weighted by molar-refractivity contribution is 7.67. The summed E-state index contributed by atoms with van der Waals surface area (Å²) in [4.78, 5) is 35.7. The highest BCUT2D eigenvalue weighted by Crippen LogP contribution is 2.72. The van der Waals surface area contributed by atoms with Crippen LogP contribution in [0.4, 0.5) is 5.82 Å². The number of ketones is 1. The van der Waals surface area contributed by atoms with E-state index >= 15 is 0 Å². The smallest absolute Gasteiger partial charge is 0.387 e. The molecular formula is C25H43N6O15P3. The van der Waals surface area contributed by atoms with Crippen LogP contribution in [0.5, 0.6) is 0 Å². The fourth-order valence-corrected chi connectivity index (χ4v) is 8.89. The van der Waals surface area contributed by atoms with Crippen LogP contribution in [0.25, 0.3) is 11.2 Å². The Morgan fingerprint density at radius 2 is 1.49 bits per heavy atom. The van der Waals surface area contributed by atoms with Crippen molar-refractivity contribution in [1.29, 1.82) is 0 Å². The summed E-state index contributed by atoms with van der Waals surface area (Å²) in [6.07, 6.45) is 0.563. The van der Waals surface area contributed by atoms with Crippen molar-refractivity contribution < 1.29 is 69.5 Å². The Hall–Kier alpha value is -2.22. The molecule has 1 fully saturated rings. The van der Waals surface area contributed by atoms with Gasteiger partial charge >= 0.3 is 23.5 Å². The number of anilines is 1. The number of hydrogen-bond donors (Lipinski definition) is 4. The predicted molar refractivity (Wildman–Crippen MR) is 170 cm³/mol. The van der Waals surface area contributed by atoms with E-state index in [1.807, 2.05) is 0 Å². The molecule has 278 valence electrons. The van der Waals surface area contributed by atoms with Gasteiger partial charge in [0.05, 0.1) is 12.9 Å². The lowest BCUT2D eigenvalue weighted by molar-refractivity contribution is -0.121. The number of amides is 1. The number of nitrogens with one attached hydrogen (secondary N) is 2. The topological polar surface area (TPSA) is 267 Å². The average Bonchev–Trinajstić information content (AvgIpc) is 3.63. The van der Waals surface area contributed by atoms with E-state index in [4.69, 9.17) is 18.1 Å². The molecule has 0 bridgehead atoms. The molecule has 2 aromatic heterocycles. The van der Waals surface area contributed by atoms with Crippen LogP contribution in [-0.4, -0.2) is 108 Å². The molecule has 4 N–H and O–H groups in total. The van der Waals surface area contributed by atoms with Crippen LogP contribution in [-0.2, 0) is 59.3 Å². The molecule has 1 saturated heterocycles. The van der Waals surface area contributed by atoms with Gasteiger partial charge in [0.15, 0.2) is 23.2 Å². The van der Waals surface area contributed by atoms with Crippen LogP contribution in [0.2, 0.25) is 0 Å². The molecule has 1 amide bonds. The van der Waals surface area contributed by atoms with E-state index in [9.17, 15) is 33.5 Å².